The Labute approximate surface area is 119 Å². The number of benzene rings is 1. The summed E-state index contributed by atoms with van der Waals surface area (Å²) in [5, 5.41) is 2.95. The van der Waals surface area contributed by atoms with Gasteiger partial charge in [0.15, 0.2) is 0 Å². The van der Waals surface area contributed by atoms with E-state index in [0.29, 0.717) is 22.9 Å². The number of nitrogens with one attached hydrogen (secondary N) is 1. The number of carbonyl (C=O) groups excluding carboxylic acids is 1. The van der Waals surface area contributed by atoms with E-state index in [2.05, 4.69) is 5.32 Å². The molecule has 0 spiro atoms. The molecule has 0 aliphatic carbocycles. The van der Waals surface area contributed by atoms with Crippen LogP contribution in [0.2, 0.25) is 0 Å². The number of halogens is 1. The lowest BCUT2D eigenvalue weighted by Crippen LogP contribution is -2.34. The first-order valence-electron chi connectivity index (χ1n) is 6.25. The van der Waals surface area contributed by atoms with Gasteiger partial charge in [-0.3, -0.25) is 4.79 Å². The highest BCUT2D eigenvalue weighted by atomic mass is 35.5. The maximum Gasteiger partial charge on any atom is 0.255 e. The van der Waals surface area contributed by atoms with Crippen molar-refractivity contribution < 1.29 is 14.3 Å². The van der Waals surface area contributed by atoms with Crippen molar-refractivity contribution in [2.45, 2.75) is 25.8 Å². The SMILES string of the molecule is CCC(CCCl)NC(=O)c1ccc(OC)cc1OC. The van der Waals surface area contributed by atoms with Gasteiger partial charge in [0.05, 0.1) is 19.8 Å². The number of carbonyl (C=O) groups is 1. The van der Waals surface area contributed by atoms with Gasteiger partial charge >= 0.3 is 0 Å². The molecule has 0 radical (unpaired) electrons. The summed E-state index contributed by atoms with van der Waals surface area (Å²) in [6.07, 6.45) is 1.60. The van der Waals surface area contributed by atoms with E-state index >= 15 is 0 Å². The highest BCUT2D eigenvalue weighted by Crippen LogP contribution is 2.24. The van der Waals surface area contributed by atoms with E-state index in [1.165, 1.54) is 7.11 Å². The third kappa shape index (κ3) is 4.31. The molecule has 0 fully saturated rings. The molecule has 1 unspecified atom stereocenters. The van der Waals surface area contributed by atoms with Gasteiger partial charge in [-0.25, -0.2) is 0 Å². The molecule has 1 aromatic rings. The van der Waals surface area contributed by atoms with Gasteiger partial charge in [0.25, 0.3) is 5.91 Å². The predicted molar refractivity (Wildman–Crippen MR) is 76.4 cm³/mol. The molecule has 19 heavy (non-hydrogen) atoms. The molecule has 1 aromatic carbocycles. The number of hydrogen-bond donors (Lipinski definition) is 1. The molecule has 0 heterocycles. The average molecular weight is 286 g/mol. The van der Waals surface area contributed by atoms with E-state index in [9.17, 15) is 4.79 Å². The van der Waals surface area contributed by atoms with Gasteiger partial charge in [-0.2, -0.15) is 0 Å². The van der Waals surface area contributed by atoms with Crippen molar-refractivity contribution in [2.24, 2.45) is 0 Å². The van der Waals surface area contributed by atoms with Crippen LogP contribution in [0.5, 0.6) is 11.5 Å². The molecule has 1 N–H and O–H groups in total. The smallest absolute Gasteiger partial charge is 0.255 e. The third-order valence-electron chi connectivity index (χ3n) is 2.94. The molecule has 106 valence electrons. The van der Waals surface area contributed by atoms with Gasteiger partial charge < -0.3 is 14.8 Å². The Morgan fingerprint density at radius 1 is 1.37 bits per heavy atom. The van der Waals surface area contributed by atoms with E-state index in [0.717, 1.165) is 12.8 Å². The molecule has 0 bridgehead atoms. The lowest BCUT2D eigenvalue weighted by Gasteiger charge is -2.17. The van der Waals surface area contributed by atoms with Crippen molar-refractivity contribution in [3.05, 3.63) is 23.8 Å². The minimum atomic E-state index is -0.156. The van der Waals surface area contributed by atoms with Crippen molar-refractivity contribution in [3.63, 3.8) is 0 Å². The lowest BCUT2D eigenvalue weighted by atomic mass is 10.1. The standard InChI is InChI=1S/C14H20ClNO3/c1-4-10(7-8-15)16-14(17)12-6-5-11(18-2)9-13(12)19-3/h5-6,9-10H,4,7-8H2,1-3H3,(H,16,17). The fourth-order valence-electron chi connectivity index (χ4n) is 1.76. The maximum absolute atomic E-state index is 12.2. The summed E-state index contributed by atoms with van der Waals surface area (Å²) in [5.74, 6) is 1.52. The summed E-state index contributed by atoms with van der Waals surface area (Å²) in [6.45, 7) is 2.02. The van der Waals surface area contributed by atoms with Crippen LogP contribution in [-0.4, -0.2) is 32.0 Å². The van der Waals surface area contributed by atoms with Crippen LogP contribution in [0.25, 0.3) is 0 Å². The van der Waals surface area contributed by atoms with E-state index in [1.54, 1.807) is 25.3 Å². The zero-order valence-corrected chi connectivity index (χ0v) is 12.3. The molecular formula is C14H20ClNO3. The first-order valence-corrected chi connectivity index (χ1v) is 6.78. The van der Waals surface area contributed by atoms with Crippen LogP contribution in [0, 0.1) is 0 Å². The summed E-state index contributed by atoms with van der Waals surface area (Å²) in [6, 6.07) is 5.20. The average Bonchev–Trinajstić information content (AvgIpc) is 2.45. The highest BCUT2D eigenvalue weighted by Gasteiger charge is 2.16. The van der Waals surface area contributed by atoms with E-state index in [-0.39, 0.29) is 11.9 Å². The van der Waals surface area contributed by atoms with Crippen molar-refractivity contribution in [3.8, 4) is 11.5 Å². The van der Waals surface area contributed by atoms with Gasteiger partial charge in [-0.1, -0.05) is 6.92 Å². The molecule has 0 aliphatic heterocycles. The largest absolute Gasteiger partial charge is 0.497 e. The summed E-state index contributed by atoms with van der Waals surface area (Å²) < 4.78 is 10.3. The predicted octanol–water partition coefficient (Wildman–Crippen LogP) is 2.84. The van der Waals surface area contributed by atoms with E-state index in [1.807, 2.05) is 6.92 Å². The molecule has 0 aliphatic rings. The van der Waals surface area contributed by atoms with Crippen molar-refractivity contribution >= 4 is 17.5 Å². The zero-order chi connectivity index (χ0) is 14.3. The fourth-order valence-corrected chi connectivity index (χ4v) is 2.02. The third-order valence-corrected chi connectivity index (χ3v) is 3.16. The molecule has 4 nitrogen and oxygen atoms in total. The Balaban J connectivity index is 2.86. The van der Waals surface area contributed by atoms with Crippen LogP contribution in [0.15, 0.2) is 18.2 Å². The number of rotatable bonds is 7. The summed E-state index contributed by atoms with van der Waals surface area (Å²) in [5.41, 5.74) is 0.497. The van der Waals surface area contributed by atoms with Crippen LogP contribution in [0.1, 0.15) is 30.1 Å². The molecule has 5 heteroatoms. The topological polar surface area (TPSA) is 47.6 Å². The number of ether oxygens (including phenoxy) is 2. The Morgan fingerprint density at radius 3 is 2.63 bits per heavy atom. The Hall–Kier alpha value is -1.42. The second kappa shape index (κ2) is 7.89. The van der Waals surface area contributed by atoms with Crippen LogP contribution < -0.4 is 14.8 Å². The van der Waals surface area contributed by atoms with Gasteiger partial charge in [-0.15, -0.1) is 11.6 Å². The number of methoxy groups -OCH3 is 2. The molecule has 0 saturated carbocycles. The maximum atomic E-state index is 12.2. The normalized spacial score (nSPS) is 11.8. The van der Waals surface area contributed by atoms with Gasteiger partial charge in [0, 0.05) is 18.0 Å². The van der Waals surface area contributed by atoms with Crippen LogP contribution in [-0.2, 0) is 0 Å². The first kappa shape index (κ1) is 15.6. The van der Waals surface area contributed by atoms with Crippen molar-refractivity contribution in [1.82, 2.24) is 5.32 Å². The number of hydrogen-bond acceptors (Lipinski definition) is 3. The molecule has 1 atom stereocenters. The van der Waals surface area contributed by atoms with Crippen LogP contribution in [0.4, 0.5) is 0 Å². The Kier molecular flexibility index (Phi) is 6.50. The first-order chi connectivity index (χ1) is 9.15. The van der Waals surface area contributed by atoms with E-state index < -0.39 is 0 Å². The van der Waals surface area contributed by atoms with Gasteiger partial charge in [0.1, 0.15) is 11.5 Å². The van der Waals surface area contributed by atoms with E-state index in [4.69, 9.17) is 21.1 Å². The lowest BCUT2D eigenvalue weighted by molar-refractivity contribution is 0.0932. The minimum Gasteiger partial charge on any atom is -0.497 e. The molecule has 0 aromatic heterocycles. The van der Waals surface area contributed by atoms with Gasteiger partial charge in [0.2, 0.25) is 0 Å². The minimum absolute atomic E-state index is 0.0804. The van der Waals surface area contributed by atoms with Crippen molar-refractivity contribution in [2.75, 3.05) is 20.1 Å². The number of alkyl halides is 1. The van der Waals surface area contributed by atoms with Crippen LogP contribution >= 0.6 is 11.6 Å². The number of amides is 1. The highest BCUT2D eigenvalue weighted by molar-refractivity contribution is 6.17. The molecule has 1 amide bonds. The zero-order valence-electron chi connectivity index (χ0n) is 11.5. The quantitative estimate of drug-likeness (QED) is 0.784. The van der Waals surface area contributed by atoms with Crippen LogP contribution in [0.3, 0.4) is 0 Å². The Morgan fingerprint density at radius 2 is 2.11 bits per heavy atom. The second-order valence-corrected chi connectivity index (χ2v) is 4.50. The van der Waals surface area contributed by atoms with Gasteiger partial charge in [-0.05, 0) is 25.0 Å². The fraction of sp³-hybridized carbons (Fsp3) is 0.500. The summed E-state index contributed by atoms with van der Waals surface area (Å²) >= 11 is 5.71. The monoisotopic (exact) mass is 285 g/mol. The molecule has 0 saturated heterocycles. The second-order valence-electron chi connectivity index (χ2n) is 4.12. The van der Waals surface area contributed by atoms with Crippen molar-refractivity contribution in [1.29, 1.82) is 0 Å². The molecular weight excluding hydrogens is 266 g/mol. The Bertz CT molecular complexity index is 423. The summed E-state index contributed by atoms with van der Waals surface area (Å²) in [4.78, 5) is 12.2. The summed E-state index contributed by atoms with van der Waals surface area (Å²) in [7, 11) is 3.10. The molecule has 1 rings (SSSR count).